The summed E-state index contributed by atoms with van der Waals surface area (Å²) in [6.07, 6.45) is 8.50. The third-order valence-electron chi connectivity index (χ3n) is 10.0. The van der Waals surface area contributed by atoms with Crippen LogP contribution in [0.5, 0.6) is 11.5 Å². The van der Waals surface area contributed by atoms with Gasteiger partial charge in [0.05, 0.1) is 6.54 Å². The molecule has 2 unspecified atom stereocenters. The molecule has 4 heterocycles. The lowest BCUT2D eigenvalue weighted by atomic mass is 9.83. The predicted molar refractivity (Wildman–Crippen MR) is 161 cm³/mol. The van der Waals surface area contributed by atoms with Crippen molar-refractivity contribution in [2.75, 3.05) is 45.8 Å². The predicted octanol–water partition coefficient (Wildman–Crippen LogP) is 4.51. The van der Waals surface area contributed by atoms with Crippen molar-refractivity contribution in [2.24, 2.45) is 0 Å². The number of fused-ring (bicyclic) bond motifs is 1. The van der Waals surface area contributed by atoms with E-state index in [1.54, 1.807) is 11.0 Å². The number of halogens is 1. The van der Waals surface area contributed by atoms with Crippen LogP contribution in [0.25, 0.3) is 0 Å². The molecule has 0 N–H and O–H groups in total. The molecule has 234 valence electrons. The van der Waals surface area contributed by atoms with E-state index in [0.29, 0.717) is 55.7 Å². The van der Waals surface area contributed by atoms with Crippen LogP contribution in [-0.2, 0) is 11.3 Å². The molecule has 0 bridgehead atoms. The van der Waals surface area contributed by atoms with Crippen molar-refractivity contribution in [3.63, 3.8) is 0 Å². The van der Waals surface area contributed by atoms with Gasteiger partial charge in [0.1, 0.15) is 29.5 Å². The molecule has 5 fully saturated rings. The SMILES string of the molecule is O=C1C[N+](=O)CCN1Cc1cc(F)cc(OC2CCN(C(=O)c3ccc(O[C@H]4CC5CN5C4)c(C4CCCCC4)c3)CC2)c1. The van der Waals surface area contributed by atoms with Crippen molar-refractivity contribution in [1.82, 2.24) is 14.7 Å². The Morgan fingerprint density at radius 3 is 2.50 bits per heavy atom. The minimum atomic E-state index is -0.427. The van der Waals surface area contributed by atoms with Crippen LogP contribution in [0.3, 0.4) is 0 Å². The highest BCUT2D eigenvalue weighted by Gasteiger charge is 2.44. The number of likely N-dealkylation sites (tertiary alicyclic amines) is 1. The average molecular weight is 606 g/mol. The average Bonchev–Trinajstić information content (AvgIpc) is 3.64. The van der Waals surface area contributed by atoms with Crippen LogP contribution in [0, 0.1) is 10.7 Å². The lowest BCUT2D eigenvalue weighted by molar-refractivity contribution is -0.545. The fourth-order valence-electron chi connectivity index (χ4n) is 7.50. The molecular formula is C34H42FN4O5+. The van der Waals surface area contributed by atoms with Crippen LogP contribution in [0.15, 0.2) is 36.4 Å². The first-order valence-corrected chi connectivity index (χ1v) is 16.4. The summed E-state index contributed by atoms with van der Waals surface area (Å²) >= 11 is 0. The van der Waals surface area contributed by atoms with Crippen molar-refractivity contribution in [2.45, 2.75) is 82.1 Å². The molecule has 1 aliphatic carbocycles. The van der Waals surface area contributed by atoms with E-state index < -0.39 is 5.82 Å². The summed E-state index contributed by atoms with van der Waals surface area (Å²) in [5, 5.41) is 0. The van der Waals surface area contributed by atoms with Crippen LogP contribution in [0.4, 0.5) is 4.39 Å². The van der Waals surface area contributed by atoms with Crippen molar-refractivity contribution >= 4 is 11.8 Å². The zero-order valence-corrected chi connectivity index (χ0v) is 25.3. The van der Waals surface area contributed by atoms with Gasteiger partial charge < -0.3 is 19.3 Å². The number of amides is 2. The Labute approximate surface area is 257 Å². The normalized spacial score (nSPS) is 26.1. The lowest BCUT2D eigenvalue weighted by Crippen LogP contribution is -2.45. The van der Waals surface area contributed by atoms with Crippen molar-refractivity contribution in [1.29, 1.82) is 0 Å². The van der Waals surface area contributed by atoms with Gasteiger partial charge in [-0.05, 0) is 60.2 Å². The summed E-state index contributed by atoms with van der Waals surface area (Å²) < 4.78 is 27.9. The van der Waals surface area contributed by atoms with E-state index in [4.69, 9.17) is 9.47 Å². The van der Waals surface area contributed by atoms with Gasteiger partial charge in [-0.1, -0.05) is 19.3 Å². The molecule has 5 aliphatic rings. The van der Waals surface area contributed by atoms with Crippen molar-refractivity contribution in [3.05, 3.63) is 63.8 Å². The maximum atomic E-state index is 14.5. The Balaban J connectivity index is 0.972. The number of nitrogens with zero attached hydrogens (tertiary/aromatic N) is 4. The molecule has 4 aliphatic heterocycles. The van der Waals surface area contributed by atoms with E-state index in [1.165, 1.54) is 43.5 Å². The van der Waals surface area contributed by atoms with Crippen LogP contribution in [0.2, 0.25) is 0 Å². The number of hydrogen-bond donors (Lipinski definition) is 0. The highest BCUT2D eigenvalue weighted by Crippen LogP contribution is 2.40. The summed E-state index contributed by atoms with van der Waals surface area (Å²) in [5.41, 5.74) is 2.55. The largest absolute Gasteiger partial charge is 0.490 e. The fraction of sp³-hybridized carbons (Fsp3) is 0.588. The Hall–Kier alpha value is -3.53. The molecule has 2 aromatic carbocycles. The van der Waals surface area contributed by atoms with E-state index >= 15 is 0 Å². The monoisotopic (exact) mass is 605 g/mol. The number of ether oxygens (including phenoxy) is 2. The molecule has 0 spiro atoms. The minimum absolute atomic E-state index is 0.0381. The molecule has 44 heavy (non-hydrogen) atoms. The van der Waals surface area contributed by atoms with Gasteiger partial charge in [0, 0.05) is 79.3 Å². The Morgan fingerprint density at radius 1 is 0.932 bits per heavy atom. The van der Waals surface area contributed by atoms with Gasteiger partial charge in [0.15, 0.2) is 0 Å². The number of nitroso groups, excluding NO2 is 1. The molecule has 2 aromatic rings. The molecule has 0 radical (unpaired) electrons. The van der Waals surface area contributed by atoms with Gasteiger partial charge in [0.2, 0.25) is 6.54 Å². The second-order valence-corrected chi connectivity index (χ2v) is 13.3. The van der Waals surface area contributed by atoms with Crippen molar-refractivity contribution in [3.8, 4) is 11.5 Å². The number of carbonyl (C=O) groups is 2. The summed E-state index contributed by atoms with van der Waals surface area (Å²) in [5.74, 6) is 1.17. The number of rotatable bonds is 8. The van der Waals surface area contributed by atoms with Crippen LogP contribution in [0.1, 0.15) is 78.8 Å². The molecule has 2 amide bonds. The zero-order chi connectivity index (χ0) is 30.2. The van der Waals surface area contributed by atoms with E-state index in [-0.39, 0.29) is 43.7 Å². The van der Waals surface area contributed by atoms with E-state index in [0.717, 1.165) is 41.9 Å². The molecular weight excluding hydrogens is 563 g/mol. The molecule has 7 rings (SSSR count). The summed E-state index contributed by atoms with van der Waals surface area (Å²) in [7, 11) is 0. The van der Waals surface area contributed by atoms with Gasteiger partial charge in [-0.3, -0.25) is 14.5 Å². The summed E-state index contributed by atoms with van der Waals surface area (Å²) in [6.45, 7) is 3.98. The minimum Gasteiger partial charge on any atom is -0.490 e. The Kier molecular flexibility index (Phi) is 8.27. The van der Waals surface area contributed by atoms with Crippen LogP contribution in [-0.4, -0.2) is 95.3 Å². The van der Waals surface area contributed by atoms with Gasteiger partial charge >= 0.3 is 0 Å². The molecule has 4 saturated heterocycles. The number of carbonyl (C=O) groups excluding carboxylic acids is 2. The topological polar surface area (TPSA) is 82.2 Å². The highest BCUT2D eigenvalue weighted by molar-refractivity contribution is 5.94. The standard InChI is InChI=1S/C34H42FN4O5/c35-26-14-23(19-37-12-13-39(42)22-33(37)40)15-29(17-26)43-28-8-10-36(11-9-28)34(41)25-6-7-32(44-30-18-27-20-38(27)21-30)31(16-25)24-4-2-1-3-5-24/h6-7,14-17,24,27-28,30H,1-5,8-13,18-22H2/q+1/t27?,30-,38?/m0/s1. The van der Waals surface area contributed by atoms with E-state index in [2.05, 4.69) is 11.0 Å². The molecule has 0 aromatic heterocycles. The highest BCUT2D eigenvalue weighted by atomic mass is 19.1. The first kappa shape index (κ1) is 29.2. The smallest absolute Gasteiger partial charge is 0.293 e. The maximum absolute atomic E-state index is 14.5. The molecule has 3 atom stereocenters. The van der Waals surface area contributed by atoms with Gasteiger partial charge in [-0.2, -0.15) is 0 Å². The molecule has 9 nitrogen and oxygen atoms in total. The summed E-state index contributed by atoms with van der Waals surface area (Å²) in [6, 6.07) is 11.3. The van der Waals surface area contributed by atoms with Gasteiger partial charge in [-0.15, -0.1) is 0 Å². The number of piperidine rings is 2. The van der Waals surface area contributed by atoms with E-state index in [1.807, 2.05) is 17.0 Å². The fourth-order valence-corrected chi connectivity index (χ4v) is 7.50. The van der Waals surface area contributed by atoms with Crippen LogP contribution >= 0.6 is 0 Å². The number of benzene rings is 2. The zero-order valence-electron chi connectivity index (χ0n) is 25.3. The molecule has 10 heteroatoms. The Morgan fingerprint density at radius 2 is 1.75 bits per heavy atom. The quantitative estimate of drug-likeness (QED) is 0.325. The van der Waals surface area contributed by atoms with Gasteiger partial charge in [-0.25, -0.2) is 4.39 Å². The third-order valence-corrected chi connectivity index (χ3v) is 10.0. The van der Waals surface area contributed by atoms with Crippen LogP contribution < -0.4 is 9.47 Å². The second kappa shape index (κ2) is 12.5. The first-order valence-electron chi connectivity index (χ1n) is 16.4. The second-order valence-electron chi connectivity index (χ2n) is 13.3. The number of hydrogen-bond acceptors (Lipinski definition) is 6. The third kappa shape index (κ3) is 6.60. The maximum Gasteiger partial charge on any atom is 0.293 e. The lowest BCUT2D eigenvalue weighted by Gasteiger charge is -2.33. The Bertz CT molecular complexity index is 1410. The molecule has 1 saturated carbocycles. The summed E-state index contributed by atoms with van der Waals surface area (Å²) in [4.78, 5) is 43.3. The van der Waals surface area contributed by atoms with Gasteiger partial charge in [0.25, 0.3) is 18.4 Å². The first-order chi connectivity index (χ1) is 21.4. The number of piperazine rings is 1. The van der Waals surface area contributed by atoms with E-state index in [9.17, 15) is 18.9 Å². The van der Waals surface area contributed by atoms with Crippen molar-refractivity contribution < 1.29 is 28.2 Å².